The fourth-order valence-corrected chi connectivity index (χ4v) is 2.76. The lowest BCUT2D eigenvalue weighted by atomic mass is 10.2. The van der Waals surface area contributed by atoms with E-state index in [4.69, 9.17) is 0 Å². The first kappa shape index (κ1) is 14.6. The van der Waals surface area contributed by atoms with E-state index in [9.17, 15) is 4.79 Å². The molecule has 0 unspecified atom stereocenters. The number of para-hydroxylation sites is 1. The number of hydrogen-bond acceptors (Lipinski definition) is 3. The summed E-state index contributed by atoms with van der Waals surface area (Å²) in [5.41, 5.74) is 4.12. The number of anilines is 2. The number of benzene rings is 1. The predicted molar refractivity (Wildman–Crippen MR) is 88.6 cm³/mol. The number of nitrogens with zero attached hydrogens (tertiary/aromatic N) is 2. The van der Waals surface area contributed by atoms with E-state index < -0.39 is 0 Å². The number of pyridine rings is 1. The Balaban J connectivity index is 1.71. The molecule has 3 rings (SSSR count). The molecule has 2 aromatic rings. The van der Waals surface area contributed by atoms with E-state index in [0.717, 1.165) is 31.5 Å². The first-order chi connectivity index (χ1) is 10.8. The van der Waals surface area contributed by atoms with Crippen molar-refractivity contribution >= 4 is 17.3 Å². The Bertz CT molecular complexity index is 652. The van der Waals surface area contributed by atoms with E-state index in [1.165, 1.54) is 11.3 Å². The number of carbonyl (C=O) groups excluding carboxylic acids is 1. The number of fused-ring (bicyclic) bond motifs is 1. The maximum atomic E-state index is 12.0. The van der Waals surface area contributed by atoms with Gasteiger partial charge < -0.3 is 10.2 Å². The first-order valence-electron chi connectivity index (χ1n) is 7.89. The maximum absolute atomic E-state index is 12.0. The molecule has 1 aromatic carbocycles. The van der Waals surface area contributed by atoms with Gasteiger partial charge in [-0.15, -0.1) is 0 Å². The van der Waals surface area contributed by atoms with Gasteiger partial charge in [0, 0.05) is 18.8 Å². The Morgan fingerprint density at radius 3 is 2.91 bits per heavy atom. The van der Waals surface area contributed by atoms with Crippen molar-refractivity contribution in [1.82, 2.24) is 10.3 Å². The van der Waals surface area contributed by atoms with Crippen LogP contribution in [0.2, 0.25) is 0 Å². The highest BCUT2D eigenvalue weighted by atomic mass is 16.1. The molecule has 1 N–H and O–H groups in total. The van der Waals surface area contributed by atoms with Crippen molar-refractivity contribution < 1.29 is 4.79 Å². The van der Waals surface area contributed by atoms with Gasteiger partial charge in [-0.1, -0.05) is 31.5 Å². The van der Waals surface area contributed by atoms with Crippen LogP contribution in [-0.2, 0) is 6.42 Å². The molecule has 0 radical (unpaired) electrons. The molecule has 0 bridgehead atoms. The van der Waals surface area contributed by atoms with Crippen LogP contribution in [0.5, 0.6) is 0 Å². The van der Waals surface area contributed by atoms with Crippen LogP contribution in [0.15, 0.2) is 42.6 Å². The van der Waals surface area contributed by atoms with Crippen LogP contribution in [0.25, 0.3) is 0 Å². The fraction of sp³-hybridized carbons (Fsp3) is 0.333. The third kappa shape index (κ3) is 2.96. The molecular weight excluding hydrogens is 274 g/mol. The lowest BCUT2D eigenvalue weighted by molar-refractivity contribution is 0.0948. The summed E-state index contributed by atoms with van der Waals surface area (Å²) in [7, 11) is 0. The molecule has 1 aromatic heterocycles. The molecule has 0 atom stereocenters. The zero-order valence-corrected chi connectivity index (χ0v) is 12.9. The van der Waals surface area contributed by atoms with Crippen molar-refractivity contribution in [2.75, 3.05) is 18.0 Å². The highest BCUT2D eigenvalue weighted by molar-refractivity contribution is 5.92. The highest BCUT2D eigenvalue weighted by Gasteiger charge is 2.20. The maximum Gasteiger partial charge on any atom is 0.269 e. The molecule has 2 heterocycles. The second-order valence-electron chi connectivity index (χ2n) is 5.54. The second kappa shape index (κ2) is 6.60. The number of amides is 1. The van der Waals surface area contributed by atoms with Gasteiger partial charge in [0.15, 0.2) is 0 Å². The standard InChI is InChI=1S/C18H21N3O/c1-2-3-11-19-18(22)16-9-8-15(13-20-16)21-12-10-14-6-4-5-7-17(14)21/h4-9,13H,2-3,10-12H2,1H3,(H,19,22). The quantitative estimate of drug-likeness (QED) is 0.861. The van der Waals surface area contributed by atoms with Gasteiger partial charge in [0.05, 0.1) is 11.9 Å². The zero-order valence-electron chi connectivity index (χ0n) is 12.9. The zero-order chi connectivity index (χ0) is 15.4. The number of aromatic nitrogens is 1. The van der Waals surface area contributed by atoms with Crippen LogP contribution in [0, 0.1) is 0 Å². The molecule has 0 aliphatic carbocycles. The van der Waals surface area contributed by atoms with Gasteiger partial charge in [-0.2, -0.15) is 0 Å². The fourth-order valence-electron chi connectivity index (χ4n) is 2.76. The summed E-state index contributed by atoms with van der Waals surface area (Å²) in [5.74, 6) is -0.0955. The smallest absolute Gasteiger partial charge is 0.269 e. The normalized spacial score (nSPS) is 13.0. The van der Waals surface area contributed by atoms with Crippen LogP contribution in [-0.4, -0.2) is 24.0 Å². The number of rotatable bonds is 5. The molecule has 1 aliphatic heterocycles. The summed E-state index contributed by atoms with van der Waals surface area (Å²) in [6.07, 6.45) is 4.90. The summed E-state index contributed by atoms with van der Waals surface area (Å²) in [5, 5.41) is 2.89. The minimum atomic E-state index is -0.0955. The number of hydrogen-bond donors (Lipinski definition) is 1. The Labute approximate surface area is 131 Å². The van der Waals surface area contributed by atoms with Gasteiger partial charge in [-0.25, -0.2) is 4.98 Å². The topological polar surface area (TPSA) is 45.2 Å². The lowest BCUT2D eigenvalue weighted by Crippen LogP contribution is -2.25. The molecule has 1 aliphatic rings. The van der Waals surface area contributed by atoms with Gasteiger partial charge in [0.25, 0.3) is 5.91 Å². The third-order valence-corrected chi connectivity index (χ3v) is 4.00. The summed E-state index contributed by atoms with van der Waals surface area (Å²) in [6.45, 7) is 3.77. The predicted octanol–water partition coefficient (Wildman–Crippen LogP) is 3.31. The number of nitrogens with one attached hydrogen (secondary N) is 1. The Hall–Kier alpha value is -2.36. The van der Waals surface area contributed by atoms with Crippen molar-refractivity contribution in [2.45, 2.75) is 26.2 Å². The molecule has 114 valence electrons. The summed E-state index contributed by atoms with van der Waals surface area (Å²) >= 11 is 0. The summed E-state index contributed by atoms with van der Waals surface area (Å²) in [4.78, 5) is 18.5. The largest absolute Gasteiger partial charge is 0.351 e. The van der Waals surface area contributed by atoms with E-state index in [1.54, 1.807) is 12.3 Å². The molecular formula is C18H21N3O. The van der Waals surface area contributed by atoms with Crippen molar-refractivity contribution in [3.63, 3.8) is 0 Å². The van der Waals surface area contributed by atoms with E-state index in [0.29, 0.717) is 12.2 Å². The first-order valence-corrected chi connectivity index (χ1v) is 7.89. The van der Waals surface area contributed by atoms with Gasteiger partial charge in [-0.05, 0) is 36.6 Å². The van der Waals surface area contributed by atoms with Gasteiger partial charge in [-0.3, -0.25) is 4.79 Å². The van der Waals surface area contributed by atoms with Crippen molar-refractivity contribution in [1.29, 1.82) is 0 Å². The Morgan fingerprint density at radius 1 is 1.27 bits per heavy atom. The van der Waals surface area contributed by atoms with Gasteiger partial charge >= 0.3 is 0 Å². The van der Waals surface area contributed by atoms with Crippen LogP contribution in [0.4, 0.5) is 11.4 Å². The Kier molecular flexibility index (Phi) is 4.37. The van der Waals surface area contributed by atoms with Crippen molar-refractivity contribution in [3.8, 4) is 0 Å². The summed E-state index contributed by atoms with van der Waals surface area (Å²) < 4.78 is 0. The van der Waals surface area contributed by atoms with Gasteiger partial charge in [0.2, 0.25) is 0 Å². The Morgan fingerprint density at radius 2 is 2.14 bits per heavy atom. The van der Waals surface area contributed by atoms with E-state index in [-0.39, 0.29) is 5.91 Å². The minimum Gasteiger partial charge on any atom is -0.351 e. The van der Waals surface area contributed by atoms with Crippen LogP contribution < -0.4 is 10.2 Å². The third-order valence-electron chi connectivity index (χ3n) is 4.00. The van der Waals surface area contributed by atoms with Crippen LogP contribution in [0.1, 0.15) is 35.8 Å². The van der Waals surface area contributed by atoms with Crippen LogP contribution >= 0.6 is 0 Å². The van der Waals surface area contributed by atoms with E-state index in [1.807, 2.05) is 6.07 Å². The molecule has 4 heteroatoms. The number of unbranched alkanes of at least 4 members (excludes halogenated alkanes) is 1. The average Bonchev–Trinajstić information content (AvgIpc) is 2.99. The summed E-state index contributed by atoms with van der Waals surface area (Å²) in [6, 6.07) is 12.2. The second-order valence-corrected chi connectivity index (χ2v) is 5.54. The highest BCUT2D eigenvalue weighted by Crippen LogP contribution is 2.33. The monoisotopic (exact) mass is 295 g/mol. The van der Waals surface area contributed by atoms with Gasteiger partial charge in [0.1, 0.15) is 5.69 Å². The lowest BCUT2D eigenvalue weighted by Gasteiger charge is -2.19. The number of carbonyl (C=O) groups is 1. The average molecular weight is 295 g/mol. The minimum absolute atomic E-state index is 0.0955. The molecule has 0 saturated heterocycles. The SMILES string of the molecule is CCCCNC(=O)c1ccc(N2CCc3ccccc32)cn1. The molecule has 4 nitrogen and oxygen atoms in total. The molecule has 1 amide bonds. The van der Waals surface area contributed by atoms with E-state index >= 15 is 0 Å². The van der Waals surface area contributed by atoms with Crippen LogP contribution in [0.3, 0.4) is 0 Å². The van der Waals surface area contributed by atoms with Crippen molar-refractivity contribution in [2.24, 2.45) is 0 Å². The molecule has 0 spiro atoms. The van der Waals surface area contributed by atoms with E-state index in [2.05, 4.69) is 46.4 Å². The van der Waals surface area contributed by atoms with Crippen molar-refractivity contribution in [3.05, 3.63) is 53.9 Å². The molecule has 0 saturated carbocycles. The molecule has 0 fully saturated rings. The molecule has 22 heavy (non-hydrogen) atoms.